The molecule has 5 N–H and O–H groups in total. The van der Waals surface area contributed by atoms with E-state index in [1.54, 1.807) is 0 Å². The van der Waals surface area contributed by atoms with Gasteiger partial charge >= 0.3 is 0 Å². The second kappa shape index (κ2) is 5.72. The molecule has 5 nitrogen and oxygen atoms in total. The Labute approximate surface area is 97.3 Å². The topological polar surface area (TPSA) is 104 Å². The zero-order valence-electron chi connectivity index (χ0n) is 9.01. The molecule has 0 bridgehead atoms. The Morgan fingerprint density at radius 3 is 2.59 bits per heavy atom. The first-order valence-corrected chi connectivity index (χ1v) is 4.99. The number of primary amides is 1. The number of hydrogen-bond acceptors (Lipinski definition) is 4. The first-order valence-electron chi connectivity index (χ1n) is 4.99. The van der Waals surface area contributed by atoms with Crippen LogP contribution in [0, 0.1) is 5.82 Å². The third-order valence-electron chi connectivity index (χ3n) is 2.37. The SMILES string of the molecule is NC(=O)CC(O)C(O)c1cc(F)ccc1CO. The van der Waals surface area contributed by atoms with Gasteiger partial charge in [0.2, 0.25) is 5.91 Å². The Kier molecular flexibility index (Phi) is 4.56. The van der Waals surface area contributed by atoms with E-state index < -0.39 is 37.0 Å². The summed E-state index contributed by atoms with van der Waals surface area (Å²) >= 11 is 0. The van der Waals surface area contributed by atoms with Crippen molar-refractivity contribution in [3.05, 3.63) is 35.1 Å². The first-order chi connectivity index (χ1) is 7.95. The molecule has 0 spiro atoms. The molecule has 0 aliphatic carbocycles. The Morgan fingerprint density at radius 1 is 1.41 bits per heavy atom. The highest BCUT2D eigenvalue weighted by molar-refractivity contribution is 5.74. The van der Waals surface area contributed by atoms with Gasteiger partial charge in [-0.25, -0.2) is 4.39 Å². The van der Waals surface area contributed by atoms with Crippen LogP contribution < -0.4 is 5.73 Å². The van der Waals surface area contributed by atoms with Crippen LogP contribution in [0.15, 0.2) is 18.2 Å². The van der Waals surface area contributed by atoms with Gasteiger partial charge in [0, 0.05) is 0 Å². The molecular formula is C11H14FNO4. The van der Waals surface area contributed by atoms with Crippen molar-refractivity contribution in [2.75, 3.05) is 0 Å². The molecule has 94 valence electrons. The number of aliphatic hydroxyl groups excluding tert-OH is 3. The van der Waals surface area contributed by atoms with Crippen LogP contribution in [-0.4, -0.2) is 27.3 Å². The van der Waals surface area contributed by atoms with E-state index in [1.165, 1.54) is 6.07 Å². The van der Waals surface area contributed by atoms with Crippen LogP contribution in [0.25, 0.3) is 0 Å². The Hall–Kier alpha value is -1.50. The molecule has 1 rings (SSSR count). The fourth-order valence-corrected chi connectivity index (χ4v) is 1.51. The summed E-state index contributed by atoms with van der Waals surface area (Å²) in [4.78, 5) is 10.6. The van der Waals surface area contributed by atoms with Crippen molar-refractivity contribution in [3.63, 3.8) is 0 Å². The zero-order chi connectivity index (χ0) is 13.0. The lowest BCUT2D eigenvalue weighted by Gasteiger charge is -2.19. The third-order valence-corrected chi connectivity index (χ3v) is 2.37. The minimum Gasteiger partial charge on any atom is -0.392 e. The number of rotatable bonds is 5. The molecule has 1 aromatic carbocycles. The highest BCUT2D eigenvalue weighted by Gasteiger charge is 2.23. The van der Waals surface area contributed by atoms with Crippen LogP contribution >= 0.6 is 0 Å². The minimum absolute atomic E-state index is 0.0428. The van der Waals surface area contributed by atoms with E-state index in [0.717, 1.165) is 12.1 Å². The Balaban J connectivity index is 2.97. The molecule has 0 aliphatic heterocycles. The van der Waals surface area contributed by atoms with Crippen molar-refractivity contribution >= 4 is 5.91 Å². The molecule has 0 fully saturated rings. The van der Waals surface area contributed by atoms with Gasteiger partial charge in [0.1, 0.15) is 11.9 Å². The summed E-state index contributed by atoms with van der Waals surface area (Å²) in [5, 5.41) is 28.3. The maximum atomic E-state index is 13.0. The lowest BCUT2D eigenvalue weighted by Crippen LogP contribution is -2.26. The first kappa shape index (κ1) is 13.6. The standard InChI is InChI=1S/C11H14FNO4/c12-7-2-1-6(5-14)8(3-7)11(17)9(15)4-10(13)16/h1-3,9,11,14-15,17H,4-5H2,(H2,13,16). The summed E-state index contributed by atoms with van der Waals surface area (Å²) in [6.07, 6.45) is -3.34. The van der Waals surface area contributed by atoms with Crippen LogP contribution in [0.4, 0.5) is 4.39 Å². The monoisotopic (exact) mass is 243 g/mol. The number of benzene rings is 1. The van der Waals surface area contributed by atoms with Crippen LogP contribution in [0.1, 0.15) is 23.7 Å². The summed E-state index contributed by atoms with van der Waals surface area (Å²) in [5.74, 6) is -1.39. The van der Waals surface area contributed by atoms with Gasteiger partial charge in [-0.15, -0.1) is 0 Å². The highest BCUT2D eigenvalue weighted by Crippen LogP contribution is 2.23. The number of nitrogens with two attached hydrogens (primary N) is 1. The van der Waals surface area contributed by atoms with E-state index in [1.807, 2.05) is 0 Å². The van der Waals surface area contributed by atoms with Gasteiger partial charge in [0.25, 0.3) is 0 Å². The van der Waals surface area contributed by atoms with Crippen LogP contribution in [0.2, 0.25) is 0 Å². The molecule has 0 heterocycles. The number of hydrogen-bond donors (Lipinski definition) is 4. The van der Waals surface area contributed by atoms with Crippen molar-refractivity contribution in [1.82, 2.24) is 0 Å². The van der Waals surface area contributed by atoms with Crippen LogP contribution in [-0.2, 0) is 11.4 Å². The lowest BCUT2D eigenvalue weighted by molar-refractivity contribution is -0.121. The highest BCUT2D eigenvalue weighted by atomic mass is 19.1. The van der Waals surface area contributed by atoms with Gasteiger partial charge in [0.05, 0.1) is 19.1 Å². The van der Waals surface area contributed by atoms with E-state index in [4.69, 9.17) is 10.8 Å². The molecule has 0 saturated carbocycles. The summed E-state index contributed by atoms with van der Waals surface area (Å²) in [7, 11) is 0. The maximum absolute atomic E-state index is 13.0. The number of carbonyl (C=O) groups excluding carboxylic acids is 1. The number of halogens is 1. The quantitative estimate of drug-likeness (QED) is 0.564. The molecule has 1 aromatic rings. The van der Waals surface area contributed by atoms with E-state index in [0.29, 0.717) is 0 Å². The average Bonchev–Trinajstić information content (AvgIpc) is 2.27. The molecule has 0 aromatic heterocycles. The molecule has 0 aliphatic rings. The number of aliphatic hydroxyl groups is 3. The van der Waals surface area contributed by atoms with E-state index in [9.17, 15) is 19.4 Å². The van der Waals surface area contributed by atoms with Gasteiger partial charge < -0.3 is 21.1 Å². The van der Waals surface area contributed by atoms with Gasteiger partial charge in [-0.3, -0.25) is 4.79 Å². The molecule has 6 heteroatoms. The molecule has 2 atom stereocenters. The van der Waals surface area contributed by atoms with E-state index >= 15 is 0 Å². The van der Waals surface area contributed by atoms with Crippen molar-refractivity contribution in [2.45, 2.75) is 25.2 Å². The molecule has 2 unspecified atom stereocenters. The number of amides is 1. The Morgan fingerprint density at radius 2 is 2.06 bits per heavy atom. The normalized spacial score (nSPS) is 14.4. The second-order valence-corrected chi connectivity index (χ2v) is 3.68. The van der Waals surface area contributed by atoms with Gasteiger partial charge in [-0.05, 0) is 23.3 Å². The summed E-state index contributed by atoms with van der Waals surface area (Å²) in [6.45, 7) is -0.407. The van der Waals surface area contributed by atoms with Gasteiger partial charge in [-0.1, -0.05) is 6.07 Å². The summed E-state index contributed by atoms with van der Waals surface area (Å²) < 4.78 is 13.0. The predicted octanol–water partition coefficient (Wildman–Crippen LogP) is -0.412. The van der Waals surface area contributed by atoms with E-state index in [-0.39, 0.29) is 11.1 Å². The fourth-order valence-electron chi connectivity index (χ4n) is 1.51. The summed E-state index contributed by atoms with van der Waals surface area (Å²) in [5.41, 5.74) is 5.20. The second-order valence-electron chi connectivity index (χ2n) is 3.68. The molecule has 0 saturated heterocycles. The van der Waals surface area contributed by atoms with Gasteiger partial charge in [0.15, 0.2) is 0 Å². The fraction of sp³-hybridized carbons (Fsp3) is 0.364. The molecule has 17 heavy (non-hydrogen) atoms. The number of carbonyl (C=O) groups is 1. The van der Waals surface area contributed by atoms with Crippen molar-refractivity contribution in [1.29, 1.82) is 0 Å². The van der Waals surface area contributed by atoms with Gasteiger partial charge in [-0.2, -0.15) is 0 Å². The Bertz CT molecular complexity index is 410. The smallest absolute Gasteiger partial charge is 0.220 e. The molecule has 1 amide bonds. The van der Waals surface area contributed by atoms with Crippen molar-refractivity contribution < 1.29 is 24.5 Å². The van der Waals surface area contributed by atoms with Crippen molar-refractivity contribution in [3.8, 4) is 0 Å². The van der Waals surface area contributed by atoms with Crippen LogP contribution in [0.3, 0.4) is 0 Å². The lowest BCUT2D eigenvalue weighted by atomic mass is 9.97. The zero-order valence-corrected chi connectivity index (χ0v) is 9.01. The average molecular weight is 243 g/mol. The third kappa shape index (κ3) is 3.48. The van der Waals surface area contributed by atoms with Crippen LogP contribution in [0.5, 0.6) is 0 Å². The summed E-state index contributed by atoms with van der Waals surface area (Å²) in [6, 6.07) is 3.42. The maximum Gasteiger partial charge on any atom is 0.220 e. The largest absolute Gasteiger partial charge is 0.392 e. The molecule has 0 radical (unpaired) electrons. The minimum atomic E-state index is -1.47. The molecular weight excluding hydrogens is 229 g/mol. The van der Waals surface area contributed by atoms with Crippen molar-refractivity contribution in [2.24, 2.45) is 5.73 Å². The van der Waals surface area contributed by atoms with E-state index in [2.05, 4.69) is 0 Å². The predicted molar refractivity (Wildman–Crippen MR) is 57.1 cm³/mol.